The molecule has 0 saturated carbocycles. The molecule has 0 aliphatic heterocycles. The van der Waals surface area contributed by atoms with Gasteiger partial charge in [0.1, 0.15) is 0 Å². The SMILES string of the molecule is CNC(C)c1cccc(C#N)c1. The van der Waals surface area contributed by atoms with Crippen LogP contribution in [-0.2, 0) is 0 Å². The summed E-state index contributed by atoms with van der Waals surface area (Å²) in [5.41, 5.74) is 1.87. The van der Waals surface area contributed by atoms with E-state index in [-0.39, 0.29) is 0 Å². The molecule has 1 unspecified atom stereocenters. The standard InChI is InChI=1S/C10H12N2/c1-8(12-2)10-5-3-4-9(6-10)7-11/h3-6,8,12H,1-2H3. The molecule has 0 aliphatic carbocycles. The van der Waals surface area contributed by atoms with Crippen molar-refractivity contribution < 1.29 is 0 Å². The first-order chi connectivity index (χ1) is 5.77. The van der Waals surface area contributed by atoms with Crippen LogP contribution in [0.2, 0.25) is 0 Å². The smallest absolute Gasteiger partial charge is 0.0991 e. The van der Waals surface area contributed by atoms with E-state index in [4.69, 9.17) is 5.26 Å². The Hall–Kier alpha value is -1.33. The molecule has 12 heavy (non-hydrogen) atoms. The van der Waals surface area contributed by atoms with Gasteiger partial charge < -0.3 is 5.32 Å². The van der Waals surface area contributed by atoms with Gasteiger partial charge in [0, 0.05) is 6.04 Å². The van der Waals surface area contributed by atoms with Crippen molar-refractivity contribution in [2.45, 2.75) is 13.0 Å². The average Bonchev–Trinajstić information content (AvgIpc) is 2.17. The number of nitrogens with one attached hydrogen (secondary N) is 1. The summed E-state index contributed by atoms with van der Waals surface area (Å²) >= 11 is 0. The average molecular weight is 160 g/mol. The van der Waals surface area contributed by atoms with Crippen molar-refractivity contribution in [2.24, 2.45) is 0 Å². The zero-order valence-electron chi connectivity index (χ0n) is 7.33. The van der Waals surface area contributed by atoms with Crippen LogP contribution in [0.15, 0.2) is 24.3 Å². The summed E-state index contributed by atoms with van der Waals surface area (Å²) in [4.78, 5) is 0. The Bertz CT molecular complexity index is 299. The zero-order valence-corrected chi connectivity index (χ0v) is 7.33. The van der Waals surface area contributed by atoms with E-state index in [9.17, 15) is 0 Å². The Labute approximate surface area is 72.8 Å². The van der Waals surface area contributed by atoms with Crippen LogP contribution in [0.3, 0.4) is 0 Å². The lowest BCUT2D eigenvalue weighted by Crippen LogP contribution is -2.12. The number of rotatable bonds is 2. The summed E-state index contributed by atoms with van der Waals surface area (Å²) in [6.45, 7) is 2.07. The molecule has 1 atom stereocenters. The molecule has 0 aromatic heterocycles. The molecule has 2 heteroatoms. The lowest BCUT2D eigenvalue weighted by atomic mass is 10.1. The zero-order chi connectivity index (χ0) is 8.97. The fraction of sp³-hybridized carbons (Fsp3) is 0.300. The normalized spacial score (nSPS) is 12.1. The predicted octanol–water partition coefficient (Wildman–Crippen LogP) is 1.84. The lowest BCUT2D eigenvalue weighted by molar-refractivity contribution is 0.652. The highest BCUT2D eigenvalue weighted by Gasteiger charge is 2.01. The Balaban J connectivity index is 2.95. The van der Waals surface area contributed by atoms with E-state index in [2.05, 4.69) is 18.3 Å². The molecule has 0 saturated heterocycles. The molecular weight excluding hydrogens is 148 g/mol. The first-order valence-electron chi connectivity index (χ1n) is 3.95. The van der Waals surface area contributed by atoms with Gasteiger partial charge in [-0.3, -0.25) is 0 Å². The van der Waals surface area contributed by atoms with Crippen LogP contribution in [0, 0.1) is 11.3 Å². The van der Waals surface area contributed by atoms with E-state index in [0.717, 1.165) is 11.1 Å². The van der Waals surface area contributed by atoms with E-state index < -0.39 is 0 Å². The minimum atomic E-state index is 0.304. The highest BCUT2D eigenvalue weighted by molar-refractivity contribution is 5.33. The molecule has 62 valence electrons. The fourth-order valence-corrected chi connectivity index (χ4v) is 1.04. The number of nitrogens with zero attached hydrogens (tertiary/aromatic N) is 1. The third kappa shape index (κ3) is 1.84. The van der Waals surface area contributed by atoms with Crippen molar-refractivity contribution in [3.8, 4) is 6.07 Å². The van der Waals surface area contributed by atoms with Crippen molar-refractivity contribution in [1.29, 1.82) is 5.26 Å². The number of nitriles is 1. The van der Waals surface area contributed by atoms with E-state index in [0.29, 0.717) is 6.04 Å². The fourth-order valence-electron chi connectivity index (χ4n) is 1.04. The van der Waals surface area contributed by atoms with Crippen molar-refractivity contribution in [1.82, 2.24) is 5.32 Å². The number of benzene rings is 1. The molecule has 2 nitrogen and oxygen atoms in total. The second-order valence-corrected chi connectivity index (χ2v) is 2.75. The third-order valence-corrected chi connectivity index (χ3v) is 1.95. The highest BCUT2D eigenvalue weighted by Crippen LogP contribution is 2.12. The molecule has 1 aromatic carbocycles. The molecule has 0 fully saturated rings. The van der Waals surface area contributed by atoms with Gasteiger partial charge in [0.25, 0.3) is 0 Å². The summed E-state index contributed by atoms with van der Waals surface area (Å²) < 4.78 is 0. The quantitative estimate of drug-likeness (QED) is 0.716. The van der Waals surface area contributed by atoms with Crippen molar-refractivity contribution >= 4 is 0 Å². The Morgan fingerprint density at radius 3 is 2.83 bits per heavy atom. The molecule has 1 N–H and O–H groups in total. The van der Waals surface area contributed by atoms with E-state index in [1.165, 1.54) is 0 Å². The van der Waals surface area contributed by atoms with Gasteiger partial charge in [0.2, 0.25) is 0 Å². The predicted molar refractivity (Wildman–Crippen MR) is 48.6 cm³/mol. The van der Waals surface area contributed by atoms with Gasteiger partial charge in [-0.05, 0) is 31.7 Å². The molecule has 0 bridgehead atoms. The molecule has 1 aromatic rings. The van der Waals surface area contributed by atoms with Gasteiger partial charge in [-0.15, -0.1) is 0 Å². The van der Waals surface area contributed by atoms with Crippen LogP contribution in [-0.4, -0.2) is 7.05 Å². The summed E-state index contributed by atoms with van der Waals surface area (Å²) in [6.07, 6.45) is 0. The minimum Gasteiger partial charge on any atom is -0.313 e. The van der Waals surface area contributed by atoms with Crippen LogP contribution in [0.1, 0.15) is 24.1 Å². The van der Waals surface area contributed by atoms with E-state index >= 15 is 0 Å². The van der Waals surface area contributed by atoms with E-state index in [1.807, 2.05) is 31.3 Å². The molecule has 0 amide bonds. The number of hydrogen-bond acceptors (Lipinski definition) is 2. The molecular formula is C10H12N2. The van der Waals surface area contributed by atoms with Crippen LogP contribution in [0.4, 0.5) is 0 Å². The van der Waals surface area contributed by atoms with Crippen LogP contribution < -0.4 is 5.32 Å². The number of hydrogen-bond donors (Lipinski definition) is 1. The molecule has 0 radical (unpaired) electrons. The second-order valence-electron chi connectivity index (χ2n) is 2.75. The van der Waals surface area contributed by atoms with Gasteiger partial charge in [-0.1, -0.05) is 12.1 Å². The van der Waals surface area contributed by atoms with Crippen LogP contribution >= 0.6 is 0 Å². The van der Waals surface area contributed by atoms with Crippen LogP contribution in [0.5, 0.6) is 0 Å². The topological polar surface area (TPSA) is 35.8 Å². The monoisotopic (exact) mass is 160 g/mol. The van der Waals surface area contributed by atoms with E-state index in [1.54, 1.807) is 0 Å². The molecule has 1 rings (SSSR count). The van der Waals surface area contributed by atoms with Gasteiger partial charge in [0.15, 0.2) is 0 Å². The summed E-state index contributed by atoms with van der Waals surface area (Å²) in [7, 11) is 1.91. The van der Waals surface area contributed by atoms with Gasteiger partial charge in [0.05, 0.1) is 11.6 Å². The summed E-state index contributed by atoms with van der Waals surface area (Å²) in [5.74, 6) is 0. The van der Waals surface area contributed by atoms with Gasteiger partial charge in [-0.25, -0.2) is 0 Å². The summed E-state index contributed by atoms with van der Waals surface area (Å²) in [6, 6.07) is 10.1. The lowest BCUT2D eigenvalue weighted by Gasteiger charge is -2.09. The molecule has 0 heterocycles. The van der Waals surface area contributed by atoms with Gasteiger partial charge >= 0.3 is 0 Å². The first-order valence-corrected chi connectivity index (χ1v) is 3.95. The second kappa shape index (κ2) is 3.89. The minimum absolute atomic E-state index is 0.304. The van der Waals surface area contributed by atoms with Crippen molar-refractivity contribution in [3.05, 3.63) is 35.4 Å². The maximum absolute atomic E-state index is 8.65. The highest BCUT2D eigenvalue weighted by atomic mass is 14.8. The molecule has 0 aliphatic rings. The van der Waals surface area contributed by atoms with Crippen molar-refractivity contribution in [2.75, 3.05) is 7.05 Å². The largest absolute Gasteiger partial charge is 0.313 e. The maximum atomic E-state index is 8.65. The van der Waals surface area contributed by atoms with Crippen LogP contribution in [0.25, 0.3) is 0 Å². The van der Waals surface area contributed by atoms with Gasteiger partial charge in [-0.2, -0.15) is 5.26 Å². The maximum Gasteiger partial charge on any atom is 0.0991 e. The Kier molecular flexibility index (Phi) is 2.84. The summed E-state index contributed by atoms with van der Waals surface area (Å²) in [5, 5.41) is 11.8. The molecule has 0 spiro atoms. The third-order valence-electron chi connectivity index (χ3n) is 1.95. The Morgan fingerprint density at radius 1 is 1.50 bits per heavy atom. The first kappa shape index (κ1) is 8.76. The van der Waals surface area contributed by atoms with Crippen molar-refractivity contribution in [3.63, 3.8) is 0 Å². The Morgan fingerprint density at radius 2 is 2.25 bits per heavy atom.